The van der Waals surface area contributed by atoms with Gasteiger partial charge in [0.25, 0.3) is 5.91 Å². The summed E-state index contributed by atoms with van der Waals surface area (Å²) >= 11 is 1.48. The van der Waals surface area contributed by atoms with Crippen LogP contribution in [0.25, 0.3) is 0 Å². The highest BCUT2D eigenvalue weighted by molar-refractivity contribution is 7.13. The van der Waals surface area contributed by atoms with Crippen LogP contribution in [0.1, 0.15) is 49.8 Å². The first-order chi connectivity index (χ1) is 13.0. The molecule has 2 aliphatic heterocycles. The Labute approximate surface area is 163 Å². The monoisotopic (exact) mass is 386 g/mol. The lowest BCUT2D eigenvalue weighted by Crippen LogP contribution is -2.30. The van der Waals surface area contributed by atoms with Gasteiger partial charge < -0.3 is 15.1 Å². The van der Waals surface area contributed by atoms with Crippen LogP contribution in [0.4, 0.5) is 5.82 Å². The average molecular weight is 387 g/mol. The fraction of sp³-hybridized carbons (Fsp3) is 0.579. The molecule has 1 saturated heterocycles. The Kier molecular flexibility index (Phi) is 4.86. The van der Waals surface area contributed by atoms with Crippen LogP contribution in [0.3, 0.4) is 0 Å². The van der Waals surface area contributed by atoms with Gasteiger partial charge in [-0.1, -0.05) is 0 Å². The fourth-order valence-electron chi connectivity index (χ4n) is 3.99. The fourth-order valence-corrected chi connectivity index (χ4v) is 4.87. The molecule has 1 fully saturated rings. The third kappa shape index (κ3) is 3.43. The zero-order chi connectivity index (χ0) is 19.1. The van der Waals surface area contributed by atoms with Crippen molar-refractivity contribution in [3.05, 3.63) is 32.7 Å². The zero-order valence-electron chi connectivity index (χ0n) is 16.4. The van der Waals surface area contributed by atoms with E-state index >= 15 is 0 Å². The van der Waals surface area contributed by atoms with E-state index in [4.69, 9.17) is 9.97 Å². The molecular formula is C19H26N6OS. The van der Waals surface area contributed by atoms with Gasteiger partial charge in [-0.2, -0.15) is 0 Å². The lowest BCUT2D eigenvalue weighted by atomic mass is 10.0. The van der Waals surface area contributed by atoms with Gasteiger partial charge in [-0.15, -0.1) is 11.3 Å². The molecule has 2 aromatic rings. The number of thiazole rings is 1. The standard InChI is InChI=1S/C19H26N6OS/c1-11-16(27-12(2)21-11)19(26)25-8-5-13(9-25)17-22-15-6-7-24(4)10-14(15)18(20-3)23-17/h13H,5-10H2,1-4H3,(H,20,22,23)/t13-/m1/s1. The van der Waals surface area contributed by atoms with Gasteiger partial charge >= 0.3 is 0 Å². The SMILES string of the molecule is CNc1nc([C@@H]2CCN(C(=O)c3sc(C)nc3C)C2)nc2c1CN(C)CC2. The lowest BCUT2D eigenvalue weighted by molar-refractivity contribution is 0.0794. The Morgan fingerprint density at radius 1 is 1.22 bits per heavy atom. The minimum Gasteiger partial charge on any atom is -0.373 e. The summed E-state index contributed by atoms with van der Waals surface area (Å²) in [7, 11) is 4.04. The molecule has 2 aromatic heterocycles. The smallest absolute Gasteiger partial charge is 0.265 e. The number of likely N-dealkylation sites (N-methyl/N-ethyl adjacent to an activating group) is 1. The molecule has 0 saturated carbocycles. The summed E-state index contributed by atoms with van der Waals surface area (Å²) in [5.74, 6) is 2.09. The van der Waals surface area contributed by atoms with Crippen LogP contribution < -0.4 is 5.32 Å². The summed E-state index contributed by atoms with van der Waals surface area (Å²) in [5, 5.41) is 4.18. The number of amides is 1. The van der Waals surface area contributed by atoms with Crippen molar-refractivity contribution in [1.29, 1.82) is 0 Å². The second-order valence-corrected chi connectivity index (χ2v) is 8.68. The molecule has 1 amide bonds. The Balaban J connectivity index is 1.55. The molecule has 7 nitrogen and oxygen atoms in total. The molecule has 0 unspecified atom stereocenters. The highest BCUT2D eigenvalue weighted by Gasteiger charge is 2.32. The van der Waals surface area contributed by atoms with E-state index in [9.17, 15) is 4.79 Å². The van der Waals surface area contributed by atoms with E-state index in [0.29, 0.717) is 6.54 Å². The average Bonchev–Trinajstić information content (AvgIpc) is 3.27. The predicted molar refractivity (Wildman–Crippen MR) is 106 cm³/mol. The minimum absolute atomic E-state index is 0.0917. The molecule has 4 rings (SSSR count). The molecule has 1 atom stereocenters. The Hall–Kier alpha value is -2.06. The molecule has 0 spiro atoms. The van der Waals surface area contributed by atoms with E-state index in [1.54, 1.807) is 0 Å². The number of aromatic nitrogens is 3. The molecular weight excluding hydrogens is 360 g/mol. The van der Waals surface area contributed by atoms with Crippen LogP contribution in [0.5, 0.6) is 0 Å². The summed E-state index contributed by atoms with van der Waals surface area (Å²) in [4.78, 5) is 32.0. The molecule has 8 heteroatoms. The highest BCUT2D eigenvalue weighted by Crippen LogP contribution is 2.31. The quantitative estimate of drug-likeness (QED) is 0.872. The van der Waals surface area contributed by atoms with Crippen molar-refractivity contribution >= 4 is 23.1 Å². The van der Waals surface area contributed by atoms with E-state index in [1.165, 1.54) is 16.9 Å². The zero-order valence-corrected chi connectivity index (χ0v) is 17.2. The molecule has 4 heterocycles. The number of hydrogen-bond acceptors (Lipinski definition) is 7. The number of aryl methyl sites for hydroxylation is 2. The Bertz CT molecular complexity index is 862. The molecule has 27 heavy (non-hydrogen) atoms. The van der Waals surface area contributed by atoms with E-state index in [-0.39, 0.29) is 11.8 Å². The summed E-state index contributed by atoms with van der Waals surface area (Å²) in [6, 6.07) is 0. The van der Waals surface area contributed by atoms with Gasteiger partial charge in [0, 0.05) is 51.1 Å². The second kappa shape index (κ2) is 7.16. The molecule has 0 radical (unpaired) electrons. The molecule has 0 bridgehead atoms. The van der Waals surface area contributed by atoms with Crippen molar-refractivity contribution in [2.75, 3.05) is 39.0 Å². The maximum absolute atomic E-state index is 12.9. The van der Waals surface area contributed by atoms with Crippen LogP contribution in [0.2, 0.25) is 0 Å². The highest BCUT2D eigenvalue weighted by atomic mass is 32.1. The summed E-state index contributed by atoms with van der Waals surface area (Å²) in [6.45, 7) is 7.18. The molecule has 144 valence electrons. The van der Waals surface area contributed by atoms with Crippen LogP contribution in [0.15, 0.2) is 0 Å². The first-order valence-corrected chi connectivity index (χ1v) is 10.3. The molecule has 0 aliphatic carbocycles. The van der Waals surface area contributed by atoms with E-state index in [0.717, 1.165) is 65.4 Å². The van der Waals surface area contributed by atoms with Gasteiger partial charge in [-0.3, -0.25) is 4.79 Å². The number of rotatable bonds is 3. The topological polar surface area (TPSA) is 74.2 Å². The molecule has 1 N–H and O–H groups in total. The predicted octanol–water partition coefficient (Wildman–Crippen LogP) is 2.21. The second-order valence-electron chi connectivity index (χ2n) is 7.48. The first kappa shape index (κ1) is 18.3. The van der Waals surface area contributed by atoms with Crippen LogP contribution >= 0.6 is 11.3 Å². The lowest BCUT2D eigenvalue weighted by Gasteiger charge is -2.26. The van der Waals surface area contributed by atoms with Crippen LogP contribution in [-0.4, -0.2) is 64.4 Å². The molecule has 2 aliphatic rings. The number of carbonyl (C=O) groups is 1. The number of nitrogens with zero attached hydrogens (tertiary/aromatic N) is 5. The van der Waals surface area contributed by atoms with Crippen molar-refractivity contribution in [3.63, 3.8) is 0 Å². The van der Waals surface area contributed by atoms with Crippen molar-refractivity contribution in [2.45, 2.75) is 39.2 Å². The van der Waals surface area contributed by atoms with Crippen LogP contribution in [0, 0.1) is 13.8 Å². The van der Waals surface area contributed by atoms with Gasteiger partial charge in [-0.05, 0) is 27.3 Å². The Morgan fingerprint density at radius 2 is 2.04 bits per heavy atom. The summed E-state index contributed by atoms with van der Waals surface area (Å²) in [6.07, 6.45) is 1.86. The van der Waals surface area contributed by atoms with Crippen molar-refractivity contribution in [3.8, 4) is 0 Å². The maximum Gasteiger partial charge on any atom is 0.265 e. The number of fused-ring (bicyclic) bond motifs is 1. The van der Waals surface area contributed by atoms with E-state index < -0.39 is 0 Å². The Morgan fingerprint density at radius 3 is 2.74 bits per heavy atom. The largest absolute Gasteiger partial charge is 0.373 e. The number of hydrogen-bond donors (Lipinski definition) is 1. The number of anilines is 1. The minimum atomic E-state index is 0.0917. The van der Waals surface area contributed by atoms with Crippen molar-refractivity contribution in [2.24, 2.45) is 0 Å². The number of likely N-dealkylation sites (tertiary alicyclic amines) is 1. The molecule has 0 aromatic carbocycles. The summed E-state index contributed by atoms with van der Waals surface area (Å²) in [5.41, 5.74) is 3.19. The van der Waals surface area contributed by atoms with Gasteiger partial charge in [-0.25, -0.2) is 15.0 Å². The van der Waals surface area contributed by atoms with Gasteiger partial charge in [0.1, 0.15) is 16.5 Å². The van der Waals surface area contributed by atoms with E-state index in [1.807, 2.05) is 25.8 Å². The van der Waals surface area contributed by atoms with E-state index in [2.05, 4.69) is 22.2 Å². The third-order valence-corrected chi connectivity index (χ3v) is 6.50. The van der Waals surface area contributed by atoms with Crippen molar-refractivity contribution in [1.82, 2.24) is 24.8 Å². The first-order valence-electron chi connectivity index (χ1n) is 9.45. The van der Waals surface area contributed by atoms with Gasteiger partial charge in [0.05, 0.1) is 16.4 Å². The van der Waals surface area contributed by atoms with Gasteiger partial charge in [0.15, 0.2) is 0 Å². The normalized spacial score (nSPS) is 20.0. The van der Waals surface area contributed by atoms with Gasteiger partial charge in [0.2, 0.25) is 0 Å². The number of carbonyl (C=O) groups excluding carboxylic acids is 1. The third-order valence-electron chi connectivity index (χ3n) is 5.44. The maximum atomic E-state index is 12.9. The summed E-state index contributed by atoms with van der Waals surface area (Å²) < 4.78 is 0. The number of nitrogens with one attached hydrogen (secondary N) is 1. The van der Waals surface area contributed by atoms with Crippen molar-refractivity contribution < 1.29 is 4.79 Å². The van der Waals surface area contributed by atoms with Crippen LogP contribution in [-0.2, 0) is 13.0 Å².